The molecule has 0 spiro atoms. The monoisotopic (exact) mass is 311 g/mol. The van der Waals surface area contributed by atoms with Crippen molar-refractivity contribution in [2.75, 3.05) is 20.1 Å². The molecule has 1 aliphatic carbocycles. The number of piperidine rings is 1. The van der Waals surface area contributed by atoms with Crippen LogP contribution in [0.2, 0.25) is 0 Å². The summed E-state index contributed by atoms with van der Waals surface area (Å²) in [5.74, 6) is 1.87. The molecule has 1 fully saturated rings. The Morgan fingerprint density at radius 3 is 2.83 bits per heavy atom. The maximum Gasteiger partial charge on any atom is 0.115 e. The average molecular weight is 312 g/mol. The number of likely N-dealkylation sites (tertiary alicyclic amines) is 1. The minimum Gasteiger partial charge on any atom is -0.508 e. The Morgan fingerprint density at radius 1 is 1.39 bits per heavy atom. The third-order valence-electron chi connectivity index (χ3n) is 5.05. The van der Waals surface area contributed by atoms with E-state index in [1.54, 1.807) is 0 Å². The van der Waals surface area contributed by atoms with Crippen molar-refractivity contribution in [3.8, 4) is 5.75 Å². The highest BCUT2D eigenvalue weighted by atomic mass is 79.9. The summed E-state index contributed by atoms with van der Waals surface area (Å²) in [6.07, 6.45) is 1.16. The van der Waals surface area contributed by atoms with Crippen molar-refractivity contribution in [1.82, 2.24) is 4.90 Å². The number of hydrogen-bond acceptors (Lipinski definition) is 2. The lowest BCUT2D eigenvalue weighted by molar-refractivity contribution is 0.0574. The van der Waals surface area contributed by atoms with Crippen molar-refractivity contribution in [1.29, 1.82) is 0 Å². The fraction of sp³-hybridized carbons (Fsp3) is 0.600. The van der Waals surface area contributed by atoms with E-state index >= 15 is 0 Å². The Labute approximate surface area is 120 Å². The van der Waals surface area contributed by atoms with Crippen LogP contribution < -0.4 is 0 Å². The molecule has 1 aromatic rings. The normalized spacial score (nSPS) is 34.6. The first kappa shape index (κ1) is 13.9. The van der Waals surface area contributed by atoms with Gasteiger partial charge in [-0.2, -0.15) is 0 Å². The van der Waals surface area contributed by atoms with Crippen LogP contribution in [0.4, 0.5) is 0 Å². The van der Waals surface area contributed by atoms with Gasteiger partial charge in [0.05, 0.1) is 0 Å². The van der Waals surface area contributed by atoms with Crippen molar-refractivity contribution in [2.24, 2.45) is 11.8 Å². The van der Waals surface area contributed by atoms with Crippen molar-refractivity contribution in [2.45, 2.75) is 25.7 Å². The van der Waals surface area contributed by atoms with E-state index in [0.717, 1.165) is 18.9 Å². The molecule has 0 radical (unpaired) electrons. The zero-order valence-corrected chi connectivity index (χ0v) is 13.0. The van der Waals surface area contributed by atoms with Gasteiger partial charge in [0.15, 0.2) is 0 Å². The number of fused-ring (bicyclic) bond motifs is 4. The van der Waals surface area contributed by atoms with Gasteiger partial charge in [0, 0.05) is 18.5 Å². The second kappa shape index (κ2) is 4.53. The number of hydrogen-bond donors (Lipinski definition) is 1. The number of halogens is 1. The highest BCUT2D eigenvalue weighted by molar-refractivity contribution is 8.93. The molecule has 3 rings (SSSR count). The predicted molar refractivity (Wildman–Crippen MR) is 79.6 cm³/mol. The van der Waals surface area contributed by atoms with Gasteiger partial charge in [-0.3, -0.25) is 0 Å². The number of rotatable bonds is 0. The van der Waals surface area contributed by atoms with Crippen LogP contribution in [-0.2, 0) is 11.8 Å². The van der Waals surface area contributed by atoms with E-state index in [2.05, 4.69) is 31.9 Å². The summed E-state index contributed by atoms with van der Waals surface area (Å²) >= 11 is 0. The van der Waals surface area contributed by atoms with Crippen molar-refractivity contribution >= 4 is 17.0 Å². The number of aromatic hydroxyl groups is 1. The highest BCUT2D eigenvalue weighted by Crippen LogP contribution is 2.48. The van der Waals surface area contributed by atoms with E-state index in [4.69, 9.17) is 0 Å². The van der Waals surface area contributed by atoms with Gasteiger partial charge in [0.2, 0.25) is 0 Å². The summed E-state index contributed by atoms with van der Waals surface area (Å²) < 4.78 is 0. The molecule has 2 bridgehead atoms. The lowest BCUT2D eigenvalue weighted by Crippen LogP contribution is -2.55. The molecule has 3 heteroatoms. The molecule has 3 atom stereocenters. The predicted octanol–water partition coefficient (Wildman–Crippen LogP) is 2.98. The average Bonchev–Trinajstić information content (AvgIpc) is 2.25. The Morgan fingerprint density at radius 2 is 2.11 bits per heavy atom. The summed E-state index contributed by atoms with van der Waals surface area (Å²) in [5.41, 5.74) is 3.01. The topological polar surface area (TPSA) is 23.5 Å². The third-order valence-corrected chi connectivity index (χ3v) is 5.05. The quantitative estimate of drug-likeness (QED) is 0.796. The molecule has 1 saturated heterocycles. The van der Waals surface area contributed by atoms with Crippen LogP contribution in [0.25, 0.3) is 0 Å². The van der Waals surface area contributed by atoms with Crippen LogP contribution in [0, 0.1) is 11.8 Å². The van der Waals surface area contributed by atoms with Gasteiger partial charge >= 0.3 is 0 Å². The minimum atomic E-state index is 0. The molecule has 0 saturated carbocycles. The van der Waals surface area contributed by atoms with E-state index in [-0.39, 0.29) is 22.4 Å². The van der Waals surface area contributed by atoms with E-state index in [0.29, 0.717) is 11.7 Å². The van der Waals surface area contributed by atoms with Crippen LogP contribution in [0.5, 0.6) is 5.75 Å². The van der Waals surface area contributed by atoms with Crippen LogP contribution >= 0.6 is 17.0 Å². The number of likely N-dealkylation sites (N-methyl/N-ethyl adjacent to an activating group) is 1. The van der Waals surface area contributed by atoms with Crippen LogP contribution in [0.3, 0.4) is 0 Å². The summed E-state index contributed by atoms with van der Waals surface area (Å²) in [5, 5.41) is 9.74. The zero-order chi connectivity index (χ0) is 12.2. The lowest BCUT2D eigenvalue weighted by Gasteiger charge is -2.53. The van der Waals surface area contributed by atoms with Crippen molar-refractivity contribution < 1.29 is 5.11 Å². The van der Waals surface area contributed by atoms with Gasteiger partial charge in [-0.25, -0.2) is 0 Å². The SMILES string of the molecule is Br.C[C@@H]1[C@H]2Cc3ccc(O)cc3[C@]1(C)CN(C)C2. The lowest BCUT2D eigenvalue weighted by atomic mass is 9.58. The molecule has 1 N–H and O–H groups in total. The second-order valence-corrected chi connectivity index (χ2v) is 6.21. The molecule has 0 aromatic heterocycles. The Bertz CT molecular complexity index is 462. The molecule has 18 heavy (non-hydrogen) atoms. The molecular formula is C15H22BrNO. The molecule has 100 valence electrons. The summed E-state index contributed by atoms with van der Waals surface area (Å²) in [7, 11) is 2.21. The van der Waals surface area contributed by atoms with E-state index < -0.39 is 0 Å². The first-order valence-electron chi connectivity index (χ1n) is 6.51. The van der Waals surface area contributed by atoms with Gasteiger partial charge in [0.1, 0.15) is 5.75 Å². The second-order valence-electron chi connectivity index (χ2n) is 6.21. The molecule has 1 aliphatic heterocycles. The van der Waals surface area contributed by atoms with Gasteiger partial charge in [-0.15, -0.1) is 17.0 Å². The molecule has 0 amide bonds. The third kappa shape index (κ3) is 1.88. The molecule has 1 heterocycles. The van der Waals surface area contributed by atoms with Crippen LogP contribution in [-0.4, -0.2) is 30.1 Å². The first-order valence-corrected chi connectivity index (χ1v) is 6.51. The van der Waals surface area contributed by atoms with Crippen LogP contribution in [0.1, 0.15) is 25.0 Å². The number of phenols is 1. The summed E-state index contributed by atoms with van der Waals surface area (Å²) in [6, 6.07) is 5.94. The fourth-order valence-electron chi connectivity index (χ4n) is 3.98. The van der Waals surface area contributed by atoms with Gasteiger partial charge in [-0.05, 0) is 48.6 Å². The first-order chi connectivity index (χ1) is 8.00. The zero-order valence-electron chi connectivity index (χ0n) is 11.3. The molecule has 2 nitrogen and oxygen atoms in total. The Balaban J connectivity index is 0.00000120. The summed E-state index contributed by atoms with van der Waals surface area (Å²) in [6.45, 7) is 7.04. The Kier molecular flexibility index (Phi) is 3.50. The van der Waals surface area contributed by atoms with E-state index in [1.807, 2.05) is 12.1 Å². The molecule has 1 aromatic carbocycles. The largest absolute Gasteiger partial charge is 0.508 e. The molecule has 2 aliphatic rings. The fourth-order valence-corrected chi connectivity index (χ4v) is 3.98. The molecular weight excluding hydrogens is 290 g/mol. The standard InChI is InChI=1S/C15H21NO.BrH/c1-10-12-6-11-4-5-13(17)7-14(11)15(10,2)9-16(3)8-12;/h4-5,7,10,12,17H,6,8-9H2,1-3H3;1H/t10-,12+,15-;/m1./s1. The maximum atomic E-state index is 9.74. The van der Waals surface area contributed by atoms with Crippen molar-refractivity contribution in [3.05, 3.63) is 29.3 Å². The van der Waals surface area contributed by atoms with Gasteiger partial charge in [0.25, 0.3) is 0 Å². The highest BCUT2D eigenvalue weighted by Gasteiger charge is 2.47. The van der Waals surface area contributed by atoms with E-state index in [9.17, 15) is 5.11 Å². The number of benzene rings is 1. The number of nitrogens with zero attached hydrogens (tertiary/aromatic N) is 1. The number of phenolic OH excluding ortho intramolecular Hbond substituents is 1. The molecule has 0 unspecified atom stereocenters. The van der Waals surface area contributed by atoms with Crippen LogP contribution in [0.15, 0.2) is 18.2 Å². The van der Waals surface area contributed by atoms with Gasteiger partial charge < -0.3 is 10.0 Å². The summed E-state index contributed by atoms with van der Waals surface area (Å²) in [4.78, 5) is 2.44. The minimum absolute atomic E-state index is 0. The van der Waals surface area contributed by atoms with E-state index in [1.165, 1.54) is 17.7 Å². The Hall–Kier alpha value is -0.540. The van der Waals surface area contributed by atoms with Gasteiger partial charge in [-0.1, -0.05) is 19.9 Å². The maximum absolute atomic E-state index is 9.74. The smallest absolute Gasteiger partial charge is 0.115 e. The van der Waals surface area contributed by atoms with Crippen molar-refractivity contribution in [3.63, 3.8) is 0 Å².